The van der Waals surface area contributed by atoms with Crippen molar-refractivity contribution in [2.75, 3.05) is 18.5 Å². The minimum atomic E-state index is -4.54. The van der Waals surface area contributed by atoms with Crippen LogP contribution in [0, 0.1) is 0 Å². The van der Waals surface area contributed by atoms with Crippen LogP contribution >= 0.6 is 0 Å². The molecule has 2 aromatic carbocycles. The predicted octanol–water partition coefficient (Wildman–Crippen LogP) is 4.25. The SMILES string of the molecule is CCOc1ccc(C(=O)CCC(=O)OCC(=O)Nc2cccc(C(F)(F)F)c2)cc1. The third kappa shape index (κ3) is 7.23. The second-order valence-electron chi connectivity index (χ2n) is 6.17. The number of Topliss-reactive ketones (excluding diaryl/α,β-unsaturated/α-hetero) is 1. The van der Waals surface area contributed by atoms with E-state index in [0.29, 0.717) is 17.9 Å². The molecule has 9 heteroatoms. The van der Waals surface area contributed by atoms with Crippen LogP contribution in [0.3, 0.4) is 0 Å². The van der Waals surface area contributed by atoms with Crippen molar-refractivity contribution in [3.05, 3.63) is 59.7 Å². The molecule has 160 valence electrons. The number of carbonyl (C=O) groups excluding carboxylic acids is 3. The average Bonchev–Trinajstić information content (AvgIpc) is 2.71. The highest BCUT2D eigenvalue weighted by Gasteiger charge is 2.30. The Hall–Kier alpha value is -3.36. The van der Waals surface area contributed by atoms with E-state index in [-0.39, 0.29) is 24.3 Å². The number of hydrogen-bond acceptors (Lipinski definition) is 5. The van der Waals surface area contributed by atoms with Crippen molar-refractivity contribution in [3.8, 4) is 5.75 Å². The molecule has 0 spiro atoms. The van der Waals surface area contributed by atoms with Gasteiger partial charge in [-0.15, -0.1) is 0 Å². The van der Waals surface area contributed by atoms with Gasteiger partial charge < -0.3 is 14.8 Å². The number of benzene rings is 2. The van der Waals surface area contributed by atoms with Crippen molar-refractivity contribution < 1.29 is 37.0 Å². The molecule has 0 fully saturated rings. The number of ether oxygens (including phenoxy) is 2. The first-order valence-corrected chi connectivity index (χ1v) is 9.08. The van der Waals surface area contributed by atoms with Crippen LogP contribution in [-0.4, -0.2) is 30.9 Å². The molecule has 0 saturated heterocycles. The van der Waals surface area contributed by atoms with Crippen LogP contribution in [0.1, 0.15) is 35.7 Å². The summed E-state index contributed by atoms with van der Waals surface area (Å²) in [5, 5.41) is 2.22. The molecule has 0 aliphatic carbocycles. The minimum Gasteiger partial charge on any atom is -0.494 e. The second-order valence-corrected chi connectivity index (χ2v) is 6.17. The number of carbonyl (C=O) groups is 3. The van der Waals surface area contributed by atoms with Crippen molar-refractivity contribution in [3.63, 3.8) is 0 Å². The lowest BCUT2D eigenvalue weighted by Crippen LogP contribution is -2.21. The summed E-state index contributed by atoms with van der Waals surface area (Å²) >= 11 is 0. The van der Waals surface area contributed by atoms with E-state index >= 15 is 0 Å². The predicted molar refractivity (Wildman–Crippen MR) is 102 cm³/mol. The molecule has 6 nitrogen and oxygen atoms in total. The Bertz CT molecular complexity index is 894. The summed E-state index contributed by atoms with van der Waals surface area (Å²) in [6.45, 7) is 1.66. The molecule has 0 aliphatic rings. The maximum atomic E-state index is 12.7. The Morgan fingerprint density at radius 1 is 1.00 bits per heavy atom. The molecule has 2 rings (SSSR count). The Kier molecular flexibility index (Phi) is 7.97. The van der Waals surface area contributed by atoms with Crippen LogP contribution in [0.2, 0.25) is 0 Å². The van der Waals surface area contributed by atoms with E-state index in [4.69, 9.17) is 9.47 Å². The Morgan fingerprint density at radius 3 is 2.33 bits per heavy atom. The lowest BCUT2D eigenvalue weighted by Gasteiger charge is -2.10. The van der Waals surface area contributed by atoms with Gasteiger partial charge in [0.05, 0.1) is 18.6 Å². The lowest BCUT2D eigenvalue weighted by molar-refractivity contribution is -0.147. The zero-order chi connectivity index (χ0) is 22.1. The average molecular weight is 423 g/mol. The molecule has 30 heavy (non-hydrogen) atoms. The summed E-state index contributed by atoms with van der Waals surface area (Å²) in [6.07, 6.45) is -4.88. The van der Waals surface area contributed by atoms with Gasteiger partial charge in [0.15, 0.2) is 12.4 Å². The van der Waals surface area contributed by atoms with Crippen LogP contribution in [0.5, 0.6) is 5.75 Å². The third-order valence-electron chi connectivity index (χ3n) is 3.88. The molecule has 0 bridgehead atoms. The molecule has 0 aliphatic heterocycles. The number of alkyl halides is 3. The minimum absolute atomic E-state index is 0.0726. The van der Waals surface area contributed by atoms with Crippen molar-refractivity contribution in [1.29, 1.82) is 0 Å². The molecule has 1 N–H and O–H groups in total. The summed E-state index contributed by atoms with van der Waals surface area (Å²) < 4.78 is 48.1. The van der Waals surface area contributed by atoms with Crippen LogP contribution in [0.15, 0.2) is 48.5 Å². The van der Waals surface area contributed by atoms with Crippen LogP contribution in [0.4, 0.5) is 18.9 Å². The molecule has 0 saturated carbocycles. The third-order valence-corrected chi connectivity index (χ3v) is 3.88. The molecule has 2 aromatic rings. The summed E-state index contributed by atoms with van der Waals surface area (Å²) in [5.41, 5.74) is -0.574. The van der Waals surface area contributed by atoms with Gasteiger partial charge in [-0.1, -0.05) is 6.07 Å². The van der Waals surface area contributed by atoms with Crippen molar-refractivity contribution in [2.24, 2.45) is 0 Å². The number of halogens is 3. The Morgan fingerprint density at radius 2 is 1.70 bits per heavy atom. The number of nitrogens with one attached hydrogen (secondary N) is 1. The molecule has 0 heterocycles. The standard InChI is InChI=1S/C21H20F3NO5/c1-2-29-17-8-6-14(7-9-17)18(26)10-11-20(28)30-13-19(27)25-16-5-3-4-15(12-16)21(22,23)24/h3-9,12H,2,10-11,13H2,1H3,(H,25,27). The maximum Gasteiger partial charge on any atom is 0.416 e. The van der Waals surface area contributed by atoms with Crippen LogP contribution in [-0.2, 0) is 20.5 Å². The second kappa shape index (κ2) is 10.4. The van der Waals surface area contributed by atoms with Gasteiger partial charge in [-0.3, -0.25) is 14.4 Å². The molecular weight excluding hydrogens is 403 g/mol. The smallest absolute Gasteiger partial charge is 0.416 e. The largest absolute Gasteiger partial charge is 0.494 e. The topological polar surface area (TPSA) is 81.7 Å². The summed E-state index contributed by atoms with van der Waals surface area (Å²) in [6, 6.07) is 10.5. The maximum absolute atomic E-state index is 12.7. The number of hydrogen-bond donors (Lipinski definition) is 1. The van der Waals surface area contributed by atoms with E-state index in [1.54, 1.807) is 24.3 Å². The highest BCUT2D eigenvalue weighted by Crippen LogP contribution is 2.30. The van der Waals surface area contributed by atoms with Crippen molar-refractivity contribution in [2.45, 2.75) is 25.9 Å². The van der Waals surface area contributed by atoms with Gasteiger partial charge in [0.1, 0.15) is 5.75 Å². The monoisotopic (exact) mass is 423 g/mol. The van der Waals surface area contributed by atoms with Gasteiger partial charge in [0.25, 0.3) is 5.91 Å². The van der Waals surface area contributed by atoms with E-state index < -0.39 is 30.2 Å². The van der Waals surface area contributed by atoms with Crippen molar-refractivity contribution >= 4 is 23.3 Å². The first kappa shape index (κ1) is 22.9. The normalized spacial score (nSPS) is 10.9. The van der Waals surface area contributed by atoms with Gasteiger partial charge in [-0.2, -0.15) is 13.2 Å². The van der Waals surface area contributed by atoms with E-state index in [0.717, 1.165) is 18.2 Å². The first-order valence-electron chi connectivity index (χ1n) is 9.08. The number of rotatable bonds is 9. The quantitative estimate of drug-likeness (QED) is 0.482. The van der Waals surface area contributed by atoms with Gasteiger partial charge in [-0.25, -0.2) is 0 Å². The van der Waals surface area contributed by atoms with Crippen LogP contribution < -0.4 is 10.1 Å². The molecule has 0 unspecified atom stereocenters. The summed E-state index contributed by atoms with van der Waals surface area (Å²) in [5.74, 6) is -1.21. The van der Waals surface area contributed by atoms with Gasteiger partial charge in [0.2, 0.25) is 0 Å². The first-order chi connectivity index (χ1) is 14.2. The highest BCUT2D eigenvalue weighted by atomic mass is 19.4. The van der Waals surface area contributed by atoms with Crippen LogP contribution in [0.25, 0.3) is 0 Å². The molecule has 0 atom stereocenters. The fourth-order valence-corrected chi connectivity index (χ4v) is 2.45. The molecule has 0 aromatic heterocycles. The number of esters is 1. The lowest BCUT2D eigenvalue weighted by atomic mass is 10.1. The summed E-state index contributed by atoms with van der Waals surface area (Å²) in [4.78, 5) is 35.6. The Labute approximate surface area is 171 Å². The zero-order valence-corrected chi connectivity index (χ0v) is 16.1. The van der Waals surface area contributed by atoms with E-state index in [2.05, 4.69) is 5.32 Å². The Balaban J connectivity index is 1.76. The van der Waals surface area contributed by atoms with E-state index in [1.165, 1.54) is 6.07 Å². The van der Waals surface area contributed by atoms with Crippen molar-refractivity contribution in [1.82, 2.24) is 0 Å². The van der Waals surface area contributed by atoms with E-state index in [1.807, 2.05) is 6.92 Å². The van der Waals surface area contributed by atoms with Gasteiger partial charge >= 0.3 is 12.1 Å². The van der Waals surface area contributed by atoms with Gasteiger partial charge in [0, 0.05) is 17.7 Å². The fraction of sp³-hybridized carbons (Fsp3) is 0.286. The number of ketones is 1. The number of amides is 1. The van der Waals surface area contributed by atoms with Gasteiger partial charge in [-0.05, 0) is 49.4 Å². The highest BCUT2D eigenvalue weighted by molar-refractivity contribution is 5.98. The molecule has 0 radical (unpaired) electrons. The summed E-state index contributed by atoms with van der Waals surface area (Å²) in [7, 11) is 0. The van der Waals surface area contributed by atoms with E-state index in [9.17, 15) is 27.6 Å². The zero-order valence-electron chi connectivity index (χ0n) is 16.1. The molecular formula is C21H20F3NO5. The molecule has 1 amide bonds. The number of anilines is 1. The fourth-order valence-electron chi connectivity index (χ4n) is 2.45.